The summed E-state index contributed by atoms with van der Waals surface area (Å²) in [5, 5.41) is 12.9. The summed E-state index contributed by atoms with van der Waals surface area (Å²) in [6, 6.07) is 19.7. The third-order valence-electron chi connectivity index (χ3n) is 3.64. The second-order valence-corrected chi connectivity index (χ2v) is 6.55. The average molecular weight is 377 g/mol. The van der Waals surface area contributed by atoms with E-state index in [0.29, 0.717) is 5.16 Å². The maximum Gasteiger partial charge on any atom is 0.250 e. The molecule has 2 aromatic carbocycles. The van der Waals surface area contributed by atoms with Crippen LogP contribution in [-0.4, -0.2) is 32.6 Å². The van der Waals surface area contributed by atoms with Gasteiger partial charge in [-0.1, -0.05) is 78.5 Å². The number of carbonyl (C=O) groups is 1. The number of amides is 1. The Kier molecular flexibility index (Phi) is 6.54. The van der Waals surface area contributed by atoms with Crippen molar-refractivity contribution in [2.24, 2.45) is 12.1 Å². The van der Waals surface area contributed by atoms with Crippen LogP contribution in [0.4, 0.5) is 0 Å². The van der Waals surface area contributed by atoms with Gasteiger partial charge in [-0.3, -0.25) is 4.79 Å². The Bertz CT molecular complexity index is 936. The third-order valence-corrected chi connectivity index (χ3v) is 4.66. The van der Waals surface area contributed by atoms with Crippen LogP contribution in [0.25, 0.3) is 17.5 Å². The second-order valence-electron chi connectivity index (χ2n) is 5.60. The molecule has 27 heavy (non-hydrogen) atoms. The number of allylic oxidation sites excluding steroid dienone is 1. The molecule has 0 radical (unpaired) electrons. The predicted molar refractivity (Wildman–Crippen MR) is 109 cm³/mol. The highest BCUT2D eigenvalue weighted by Gasteiger charge is 2.12. The molecule has 0 spiro atoms. The summed E-state index contributed by atoms with van der Waals surface area (Å²) in [6.07, 6.45) is 5.23. The van der Waals surface area contributed by atoms with E-state index in [4.69, 9.17) is 0 Å². The number of nitrogens with zero attached hydrogens (tertiary/aromatic N) is 4. The van der Waals surface area contributed by atoms with Gasteiger partial charge in [-0.05, 0) is 11.6 Å². The van der Waals surface area contributed by atoms with Gasteiger partial charge in [0.2, 0.25) is 0 Å². The van der Waals surface area contributed by atoms with Crippen molar-refractivity contribution in [3.05, 3.63) is 72.3 Å². The van der Waals surface area contributed by atoms with E-state index in [9.17, 15) is 4.79 Å². The summed E-state index contributed by atoms with van der Waals surface area (Å²) in [5.41, 5.74) is 4.55. The molecule has 136 valence electrons. The minimum absolute atomic E-state index is 0.200. The van der Waals surface area contributed by atoms with Gasteiger partial charge in [0.05, 0.1) is 5.75 Å². The van der Waals surface area contributed by atoms with Gasteiger partial charge in [0, 0.05) is 18.8 Å². The monoisotopic (exact) mass is 377 g/mol. The Morgan fingerprint density at radius 2 is 1.81 bits per heavy atom. The smallest absolute Gasteiger partial charge is 0.250 e. The maximum atomic E-state index is 11.9. The standard InChI is InChI=1S/C20H19N5OS/c1-25-19(17-12-6-3-7-13-17)23-24-20(25)27-15-18(26)22-21-14-8-11-16-9-4-2-5-10-16/h2-14H,15H2,1H3,(H,22,26)/b11-8+,21-14+. The van der Waals surface area contributed by atoms with Crippen LogP contribution >= 0.6 is 11.8 Å². The van der Waals surface area contributed by atoms with E-state index in [2.05, 4.69) is 20.7 Å². The van der Waals surface area contributed by atoms with Crippen LogP contribution in [0.15, 0.2) is 77.0 Å². The van der Waals surface area contributed by atoms with Crippen LogP contribution in [0.1, 0.15) is 5.56 Å². The molecule has 1 aromatic heterocycles. The first-order chi connectivity index (χ1) is 13.2. The van der Waals surface area contributed by atoms with Gasteiger partial charge in [0.25, 0.3) is 5.91 Å². The number of aromatic nitrogens is 3. The fourth-order valence-electron chi connectivity index (χ4n) is 2.31. The number of hydrogen-bond donors (Lipinski definition) is 1. The molecular weight excluding hydrogens is 358 g/mol. The zero-order valence-corrected chi connectivity index (χ0v) is 15.6. The second kappa shape index (κ2) is 9.49. The van der Waals surface area contributed by atoms with Gasteiger partial charge >= 0.3 is 0 Å². The molecule has 3 aromatic rings. The number of hydrogen-bond acceptors (Lipinski definition) is 5. The molecule has 0 aliphatic rings. The Hall–Kier alpha value is -3.19. The van der Waals surface area contributed by atoms with E-state index >= 15 is 0 Å². The van der Waals surface area contributed by atoms with Crippen molar-refractivity contribution in [3.63, 3.8) is 0 Å². The minimum Gasteiger partial charge on any atom is -0.305 e. The molecule has 0 aliphatic carbocycles. The number of benzene rings is 2. The lowest BCUT2D eigenvalue weighted by Gasteiger charge is -2.03. The minimum atomic E-state index is -0.200. The highest BCUT2D eigenvalue weighted by Crippen LogP contribution is 2.22. The molecule has 0 saturated carbocycles. The first-order valence-corrected chi connectivity index (χ1v) is 9.34. The number of nitrogens with one attached hydrogen (secondary N) is 1. The number of carbonyl (C=O) groups excluding carboxylic acids is 1. The van der Waals surface area contributed by atoms with Crippen molar-refractivity contribution < 1.29 is 4.79 Å². The zero-order chi connectivity index (χ0) is 18.9. The van der Waals surface area contributed by atoms with E-state index in [-0.39, 0.29) is 11.7 Å². The SMILES string of the molecule is Cn1c(SCC(=O)N/N=C/C=C/c2ccccc2)nnc1-c1ccccc1. The Morgan fingerprint density at radius 1 is 1.11 bits per heavy atom. The van der Waals surface area contributed by atoms with Crippen LogP contribution in [0, 0.1) is 0 Å². The summed E-state index contributed by atoms with van der Waals surface area (Å²) < 4.78 is 1.87. The van der Waals surface area contributed by atoms with Crippen molar-refractivity contribution in [1.29, 1.82) is 0 Å². The molecule has 0 unspecified atom stereocenters. The Balaban J connectivity index is 1.48. The van der Waals surface area contributed by atoms with Gasteiger partial charge in [0.15, 0.2) is 11.0 Å². The Labute approximate surface area is 162 Å². The molecule has 0 fully saturated rings. The molecule has 1 N–H and O–H groups in total. The van der Waals surface area contributed by atoms with Crippen LogP contribution in [0.5, 0.6) is 0 Å². The van der Waals surface area contributed by atoms with Crippen LogP contribution < -0.4 is 5.43 Å². The van der Waals surface area contributed by atoms with E-state index in [1.165, 1.54) is 11.8 Å². The fourth-order valence-corrected chi connectivity index (χ4v) is 3.02. The molecule has 0 aliphatic heterocycles. The van der Waals surface area contributed by atoms with Gasteiger partial charge in [-0.2, -0.15) is 5.10 Å². The van der Waals surface area contributed by atoms with E-state index in [1.807, 2.05) is 78.4 Å². The molecular formula is C20H19N5OS. The van der Waals surface area contributed by atoms with E-state index in [1.54, 1.807) is 12.3 Å². The largest absolute Gasteiger partial charge is 0.305 e. The molecule has 0 bridgehead atoms. The summed E-state index contributed by atoms with van der Waals surface area (Å²) in [4.78, 5) is 11.9. The van der Waals surface area contributed by atoms with Crippen molar-refractivity contribution >= 4 is 30.0 Å². The van der Waals surface area contributed by atoms with Crippen LogP contribution in [-0.2, 0) is 11.8 Å². The lowest BCUT2D eigenvalue weighted by molar-refractivity contribution is -0.118. The van der Waals surface area contributed by atoms with E-state index in [0.717, 1.165) is 17.0 Å². The van der Waals surface area contributed by atoms with Crippen LogP contribution in [0.3, 0.4) is 0 Å². The Morgan fingerprint density at radius 3 is 2.56 bits per heavy atom. The topological polar surface area (TPSA) is 72.2 Å². The van der Waals surface area contributed by atoms with Gasteiger partial charge in [-0.25, -0.2) is 5.43 Å². The van der Waals surface area contributed by atoms with E-state index < -0.39 is 0 Å². The predicted octanol–water partition coefficient (Wildman–Crippen LogP) is 3.39. The van der Waals surface area contributed by atoms with Gasteiger partial charge in [-0.15, -0.1) is 10.2 Å². The fraction of sp³-hybridized carbons (Fsp3) is 0.100. The quantitative estimate of drug-likeness (QED) is 0.389. The first kappa shape index (κ1) is 18.6. The summed E-state index contributed by atoms with van der Waals surface area (Å²) in [5.74, 6) is 0.775. The van der Waals surface area contributed by atoms with Gasteiger partial charge in [0.1, 0.15) is 0 Å². The zero-order valence-electron chi connectivity index (χ0n) is 14.8. The molecule has 7 heteroatoms. The van der Waals surface area contributed by atoms with Crippen molar-refractivity contribution in [2.45, 2.75) is 5.16 Å². The van der Waals surface area contributed by atoms with Crippen molar-refractivity contribution in [3.8, 4) is 11.4 Å². The molecule has 1 heterocycles. The maximum absolute atomic E-state index is 11.9. The molecule has 6 nitrogen and oxygen atoms in total. The highest BCUT2D eigenvalue weighted by atomic mass is 32.2. The average Bonchev–Trinajstić information content (AvgIpc) is 3.08. The molecule has 3 rings (SSSR count). The van der Waals surface area contributed by atoms with Crippen LogP contribution in [0.2, 0.25) is 0 Å². The third kappa shape index (κ3) is 5.39. The molecule has 0 saturated heterocycles. The van der Waals surface area contributed by atoms with Crippen molar-refractivity contribution in [2.75, 3.05) is 5.75 Å². The summed E-state index contributed by atoms with van der Waals surface area (Å²) in [7, 11) is 1.88. The molecule has 0 atom stereocenters. The summed E-state index contributed by atoms with van der Waals surface area (Å²) in [6.45, 7) is 0. The summed E-state index contributed by atoms with van der Waals surface area (Å²) >= 11 is 1.32. The van der Waals surface area contributed by atoms with Crippen molar-refractivity contribution in [1.82, 2.24) is 20.2 Å². The highest BCUT2D eigenvalue weighted by molar-refractivity contribution is 7.99. The number of thioether (sulfide) groups is 1. The lowest BCUT2D eigenvalue weighted by atomic mass is 10.2. The first-order valence-electron chi connectivity index (χ1n) is 8.35. The number of hydrazone groups is 1. The lowest BCUT2D eigenvalue weighted by Crippen LogP contribution is -2.19. The number of rotatable bonds is 7. The normalized spacial score (nSPS) is 11.3. The van der Waals surface area contributed by atoms with Gasteiger partial charge < -0.3 is 4.57 Å². The molecule has 1 amide bonds.